The summed E-state index contributed by atoms with van der Waals surface area (Å²) in [5.41, 5.74) is 0.181. The molecular weight excluding hydrogens is 268 g/mol. The zero-order valence-corrected chi connectivity index (χ0v) is 10.7. The van der Waals surface area contributed by atoms with Crippen LogP contribution < -0.4 is 5.43 Å². The molecule has 1 aliphatic heterocycles. The van der Waals surface area contributed by atoms with Crippen molar-refractivity contribution in [2.75, 3.05) is 0 Å². The Hall–Kier alpha value is -2.24. The van der Waals surface area contributed by atoms with E-state index in [-0.39, 0.29) is 11.4 Å². The molecule has 0 aliphatic carbocycles. The van der Waals surface area contributed by atoms with Crippen molar-refractivity contribution in [3.05, 3.63) is 45.5 Å². The number of aryl methyl sites for hydroxylation is 1. The van der Waals surface area contributed by atoms with E-state index in [1.54, 1.807) is 4.57 Å². The number of rotatable bonds is 1. The van der Waals surface area contributed by atoms with Crippen LogP contribution in [0.5, 0.6) is 0 Å². The summed E-state index contributed by atoms with van der Waals surface area (Å²) in [6.45, 7) is 1.92. The Morgan fingerprint density at radius 2 is 2.20 bits per heavy atom. The third-order valence-electron chi connectivity index (χ3n) is 3.77. The highest BCUT2D eigenvalue weighted by atomic mass is 19.3. The molecule has 104 valence electrons. The fraction of sp³-hybridized carbons (Fsp3) is 0.286. The first-order chi connectivity index (χ1) is 9.52. The van der Waals surface area contributed by atoms with Crippen molar-refractivity contribution in [2.45, 2.75) is 25.8 Å². The van der Waals surface area contributed by atoms with Crippen molar-refractivity contribution in [1.82, 2.24) is 4.57 Å². The second-order valence-electron chi connectivity index (χ2n) is 4.99. The van der Waals surface area contributed by atoms with Crippen LogP contribution in [0.3, 0.4) is 0 Å². The summed E-state index contributed by atoms with van der Waals surface area (Å²) in [7, 11) is 0. The van der Waals surface area contributed by atoms with Gasteiger partial charge in [0, 0.05) is 22.2 Å². The lowest BCUT2D eigenvalue weighted by Crippen LogP contribution is -2.24. The van der Waals surface area contributed by atoms with Gasteiger partial charge in [-0.2, -0.15) is 0 Å². The lowest BCUT2D eigenvalue weighted by Gasteiger charge is -2.26. The van der Waals surface area contributed by atoms with E-state index >= 15 is 0 Å². The molecule has 2 heterocycles. The predicted octanol–water partition coefficient (Wildman–Crippen LogP) is 2.69. The van der Waals surface area contributed by atoms with Crippen molar-refractivity contribution in [3.63, 3.8) is 0 Å². The van der Waals surface area contributed by atoms with Crippen molar-refractivity contribution in [2.24, 2.45) is 0 Å². The molecule has 0 saturated carbocycles. The van der Waals surface area contributed by atoms with Crippen molar-refractivity contribution < 1.29 is 18.7 Å². The minimum atomic E-state index is -1.36. The molecule has 6 heteroatoms. The average molecular weight is 279 g/mol. The van der Waals surface area contributed by atoms with Crippen LogP contribution >= 0.6 is 0 Å². The van der Waals surface area contributed by atoms with Crippen molar-refractivity contribution in [3.8, 4) is 0 Å². The molecule has 0 amide bonds. The van der Waals surface area contributed by atoms with Crippen LogP contribution in [0.25, 0.3) is 10.9 Å². The maximum atomic E-state index is 13.6. The SMILES string of the molecule is CC1CCc2cc(F)cc3c(=O)c(C(=O)OF)cn1c23. The van der Waals surface area contributed by atoms with E-state index in [1.807, 2.05) is 6.92 Å². The molecule has 4 nitrogen and oxygen atoms in total. The number of nitrogens with zero attached hydrogens (tertiary/aromatic N) is 1. The van der Waals surface area contributed by atoms with Gasteiger partial charge in [0.2, 0.25) is 5.43 Å². The maximum absolute atomic E-state index is 13.6. The van der Waals surface area contributed by atoms with E-state index in [9.17, 15) is 18.5 Å². The fourth-order valence-electron chi connectivity index (χ4n) is 2.77. The highest BCUT2D eigenvalue weighted by molar-refractivity contribution is 5.94. The van der Waals surface area contributed by atoms with E-state index in [2.05, 4.69) is 4.94 Å². The molecule has 0 bridgehead atoms. The normalized spacial score (nSPS) is 17.2. The zero-order chi connectivity index (χ0) is 14.4. The quantitative estimate of drug-likeness (QED) is 0.806. The first kappa shape index (κ1) is 12.8. The Morgan fingerprint density at radius 3 is 2.90 bits per heavy atom. The molecule has 0 N–H and O–H groups in total. The monoisotopic (exact) mass is 279 g/mol. The number of aromatic nitrogens is 1. The fourth-order valence-corrected chi connectivity index (χ4v) is 2.77. The number of pyridine rings is 1. The number of benzene rings is 1. The molecule has 0 saturated heterocycles. The zero-order valence-electron chi connectivity index (χ0n) is 10.7. The van der Waals surface area contributed by atoms with E-state index in [4.69, 9.17) is 0 Å². The van der Waals surface area contributed by atoms with Crippen LogP contribution in [0.4, 0.5) is 8.92 Å². The topological polar surface area (TPSA) is 48.3 Å². The highest BCUT2D eigenvalue weighted by Gasteiger charge is 2.24. The summed E-state index contributed by atoms with van der Waals surface area (Å²) in [6, 6.07) is 2.49. The van der Waals surface area contributed by atoms with Gasteiger partial charge in [0.25, 0.3) is 0 Å². The van der Waals surface area contributed by atoms with Gasteiger partial charge < -0.3 is 4.57 Å². The van der Waals surface area contributed by atoms with E-state index in [0.717, 1.165) is 18.1 Å². The van der Waals surface area contributed by atoms with Crippen LogP contribution in [-0.4, -0.2) is 10.5 Å². The standard InChI is InChI=1S/C14H11F2NO3/c1-7-2-3-8-4-9(15)5-10-12(8)17(7)6-11(13(10)18)14(19)20-16/h4-7H,2-3H2,1H3. The number of carbonyl (C=O) groups excluding carboxylic acids is 1. The summed E-state index contributed by atoms with van der Waals surface area (Å²) in [4.78, 5) is 26.7. The predicted molar refractivity (Wildman–Crippen MR) is 67.7 cm³/mol. The van der Waals surface area contributed by atoms with Gasteiger partial charge in [0.05, 0.1) is 5.52 Å². The largest absolute Gasteiger partial charge is 0.384 e. The Balaban J connectivity index is 2.47. The van der Waals surface area contributed by atoms with Crippen LogP contribution in [0.2, 0.25) is 0 Å². The van der Waals surface area contributed by atoms with Crippen LogP contribution in [0.15, 0.2) is 23.1 Å². The third kappa shape index (κ3) is 1.71. The first-order valence-electron chi connectivity index (χ1n) is 6.23. The Labute approximate surface area is 112 Å². The molecule has 0 spiro atoms. The highest BCUT2D eigenvalue weighted by Crippen LogP contribution is 2.30. The minimum absolute atomic E-state index is 0.0298. The second-order valence-corrected chi connectivity index (χ2v) is 4.99. The minimum Gasteiger partial charge on any atom is -0.343 e. The van der Waals surface area contributed by atoms with Gasteiger partial charge in [-0.05, 0) is 37.5 Å². The van der Waals surface area contributed by atoms with E-state index in [1.165, 1.54) is 12.3 Å². The molecule has 1 atom stereocenters. The van der Waals surface area contributed by atoms with Gasteiger partial charge >= 0.3 is 5.97 Å². The van der Waals surface area contributed by atoms with Gasteiger partial charge in [-0.1, -0.05) is 0 Å². The molecule has 3 rings (SSSR count). The summed E-state index contributed by atoms with van der Waals surface area (Å²) < 4.78 is 27.4. The van der Waals surface area contributed by atoms with Crippen LogP contribution in [0, 0.1) is 5.82 Å². The smallest absolute Gasteiger partial charge is 0.343 e. The molecule has 2 aromatic rings. The summed E-state index contributed by atoms with van der Waals surface area (Å²) in [5.74, 6) is -1.90. The summed E-state index contributed by atoms with van der Waals surface area (Å²) in [6.07, 6.45) is 2.69. The second kappa shape index (κ2) is 4.40. The number of hydrogen-bond acceptors (Lipinski definition) is 3. The molecule has 1 aromatic heterocycles. The molecule has 0 fully saturated rings. The van der Waals surface area contributed by atoms with Gasteiger partial charge in [0.15, 0.2) is 0 Å². The third-order valence-corrected chi connectivity index (χ3v) is 3.77. The Bertz CT molecular complexity index is 782. The Kier molecular flexibility index (Phi) is 2.81. The maximum Gasteiger partial charge on any atom is 0.384 e. The number of halogens is 2. The van der Waals surface area contributed by atoms with E-state index in [0.29, 0.717) is 11.9 Å². The average Bonchev–Trinajstić information content (AvgIpc) is 2.44. The van der Waals surface area contributed by atoms with Crippen LogP contribution in [-0.2, 0) is 11.4 Å². The first-order valence-corrected chi connectivity index (χ1v) is 6.23. The molecule has 1 unspecified atom stereocenters. The Morgan fingerprint density at radius 1 is 1.45 bits per heavy atom. The molecule has 20 heavy (non-hydrogen) atoms. The molecular formula is C14H11F2NO3. The number of carbonyl (C=O) groups is 1. The van der Waals surface area contributed by atoms with Gasteiger partial charge in [-0.25, -0.2) is 14.1 Å². The molecule has 1 aromatic carbocycles. The lowest BCUT2D eigenvalue weighted by atomic mass is 9.96. The number of hydrogen-bond donors (Lipinski definition) is 0. The summed E-state index contributed by atoms with van der Waals surface area (Å²) in [5, 5.41) is 0.0782. The molecule has 0 radical (unpaired) electrons. The van der Waals surface area contributed by atoms with Gasteiger partial charge in [-0.3, -0.25) is 4.79 Å². The van der Waals surface area contributed by atoms with Gasteiger partial charge in [-0.15, -0.1) is 0 Å². The summed E-state index contributed by atoms with van der Waals surface area (Å²) >= 11 is 0. The van der Waals surface area contributed by atoms with Crippen molar-refractivity contribution in [1.29, 1.82) is 0 Å². The van der Waals surface area contributed by atoms with E-state index < -0.39 is 22.8 Å². The van der Waals surface area contributed by atoms with Gasteiger partial charge in [0.1, 0.15) is 11.4 Å². The van der Waals surface area contributed by atoms with Crippen molar-refractivity contribution >= 4 is 16.9 Å². The van der Waals surface area contributed by atoms with Crippen LogP contribution in [0.1, 0.15) is 35.3 Å². The molecule has 1 aliphatic rings. The lowest BCUT2D eigenvalue weighted by molar-refractivity contribution is -0.0789.